The number of hydrogen-bond acceptors (Lipinski definition) is 5. The van der Waals surface area contributed by atoms with E-state index in [0.717, 1.165) is 11.1 Å². The molecule has 0 saturated heterocycles. The molecule has 0 aliphatic carbocycles. The summed E-state index contributed by atoms with van der Waals surface area (Å²) in [4.78, 5) is 24.7. The number of carbonyl (C=O) groups excluding carboxylic acids is 2. The number of phenolic OH excluding ortho intramolecular Hbond substituents is 1. The van der Waals surface area contributed by atoms with Crippen molar-refractivity contribution < 1.29 is 19.4 Å². The summed E-state index contributed by atoms with van der Waals surface area (Å²) in [6, 6.07) is 28.2. The van der Waals surface area contributed by atoms with Crippen LogP contribution in [-0.4, -0.2) is 16.7 Å². The number of Topliss-reactive ketones (excluding diaryl/α,β-unsaturated/α-hetero) is 1. The third-order valence-electron chi connectivity index (χ3n) is 5.48. The van der Waals surface area contributed by atoms with Crippen molar-refractivity contribution in [1.82, 2.24) is 0 Å². The minimum absolute atomic E-state index is 0.117. The number of benzene rings is 4. The molecular formula is C29H21NO4. The van der Waals surface area contributed by atoms with Gasteiger partial charge in [0.15, 0.2) is 11.6 Å². The van der Waals surface area contributed by atoms with Crippen molar-refractivity contribution in [1.29, 1.82) is 5.26 Å². The molecule has 0 fully saturated rings. The van der Waals surface area contributed by atoms with Crippen molar-refractivity contribution in [3.63, 3.8) is 0 Å². The second-order valence-electron chi connectivity index (χ2n) is 7.73. The van der Waals surface area contributed by atoms with Crippen LogP contribution < -0.4 is 4.74 Å². The lowest BCUT2D eigenvalue weighted by atomic mass is 9.98. The Labute approximate surface area is 197 Å². The highest BCUT2D eigenvalue weighted by molar-refractivity contribution is 6.10. The molecule has 4 aromatic rings. The first kappa shape index (κ1) is 22.5. The van der Waals surface area contributed by atoms with Gasteiger partial charge in [0.2, 0.25) is 0 Å². The van der Waals surface area contributed by atoms with E-state index in [1.807, 2.05) is 36.4 Å². The smallest absolute Gasteiger partial charge is 0.194 e. The fraction of sp³-hybridized carbons (Fsp3) is 0.0690. The summed E-state index contributed by atoms with van der Waals surface area (Å²) in [5.41, 5.74) is 3.40. The molecule has 1 N–H and O–H groups in total. The van der Waals surface area contributed by atoms with Crippen LogP contribution >= 0.6 is 0 Å². The Morgan fingerprint density at radius 2 is 1.53 bits per heavy atom. The molecule has 0 atom stereocenters. The maximum atomic E-state index is 12.8. The van der Waals surface area contributed by atoms with E-state index in [9.17, 15) is 20.0 Å². The molecule has 5 heteroatoms. The van der Waals surface area contributed by atoms with Gasteiger partial charge in [0.05, 0.1) is 22.8 Å². The molecule has 0 aliphatic rings. The van der Waals surface area contributed by atoms with Gasteiger partial charge in [-0.05, 0) is 42.3 Å². The highest BCUT2D eigenvalue weighted by Crippen LogP contribution is 2.40. The molecule has 0 aromatic heterocycles. The average molecular weight is 447 g/mol. The van der Waals surface area contributed by atoms with Crippen LogP contribution in [0.5, 0.6) is 11.5 Å². The van der Waals surface area contributed by atoms with Crippen LogP contribution in [0.2, 0.25) is 0 Å². The number of ether oxygens (including phenoxy) is 1. The summed E-state index contributed by atoms with van der Waals surface area (Å²) in [6.07, 6.45) is 0. The molecule has 0 amide bonds. The molecule has 0 unspecified atom stereocenters. The van der Waals surface area contributed by atoms with E-state index in [1.54, 1.807) is 60.7 Å². The van der Waals surface area contributed by atoms with E-state index in [1.165, 1.54) is 6.92 Å². The molecule has 4 aromatic carbocycles. The lowest BCUT2D eigenvalue weighted by Crippen LogP contribution is -2.05. The van der Waals surface area contributed by atoms with Crippen molar-refractivity contribution in [3.05, 3.63) is 119 Å². The summed E-state index contributed by atoms with van der Waals surface area (Å²) in [5.74, 6) is -0.134. The Bertz CT molecular complexity index is 1400. The van der Waals surface area contributed by atoms with Gasteiger partial charge in [-0.25, -0.2) is 0 Å². The Morgan fingerprint density at radius 3 is 2.21 bits per heavy atom. The molecule has 0 bridgehead atoms. The number of hydrogen-bond donors (Lipinski definition) is 1. The van der Waals surface area contributed by atoms with Crippen LogP contribution in [0.15, 0.2) is 91.0 Å². The summed E-state index contributed by atoms with van der Waals surface area (Å²) >= 11 is 0. The predicted molar refractivity (Wildman–Crippen MR) is 129 cm³/mol. The fourth-order valence-corrected chi connectivity index (χ4v) is 3.71. The minimum atomic E-state index is -0.237. The summed E-state index contributed by atoms with van der Waals surface area (Å²) < 4.78 is 6.02. The van der Waals surface area contributed by atoms with Gasteiger partial charge in [0, 0.05) is 11.1 Å². The van der Waals surface area contributed by atoms with E-state index >= 15 is 0 Å². The predicted octanol–water partition coefficient (Wildman–Crippen LogP) is 5.94. The topological polar surface area (TPSA) is 87.4 Å². The number of aromatic hydroxyl groups is 1. The van der Waals surface area contributed by atoms with E-state index in [4.69, 9.17) is 4.74 Å². The van der Waals surface area contributed by atoms with Gasteiger partial charge in [-0.1, -0.05) is 66.7 Å². The van der Waals surface area contributed by atoms with Crippen LogP contribution in [0.4, 0.5) is 0 Å². The van der Waals surface area contributed by atoms with Crippen LogP contribution in [0, 0.1) is 11.3 Å². The van der Waals surface area contributed by atoms with Gasteiger partial charge in [-0.15, -0.1) is 0 Å². The van der Waals surface area contributed by atoms with Gasteiger partial charge in [-0.3, -0.25) is 9.59 Å². The number of ketones is 2. The third-order valence-corrected chi connectivity index (χ3v) is 5.48. The zero-order valence-corrected chi connectivity index (χ0v) is 18.5. The van der Waals surface area contributed by atoms with E-state index in [0.29, 0.717) is 28.0 Å². The lowest BCUT2D eigenvalue weighted by Gasteiger charge is -2.15. The van der Waals surface area contributed by atoms with Crippen LogP contribution in [0.1, 0.15) is 44.3 Å². The highest BCUT2D eigenvalue weighted by atomic mass is 16.5. The number of nitriles is 1. The molecule has 5 nitrogen and oxygen atoms in total. The zero-order chi connectivity index (χ0) is 24.1. The van der Waals surface area contributed by atoms with E-state index in [-0.39, 0.29) is 29.5 Å². The first-order chi connectivity index (χ1) is 16.5. The SMILES string of the molecule is CC(=O)c1ccc(OCc2ccc(C(=O)c3ccccc3C#N)cc2)c(-c2ccccc2)c1O. The maximum absolute atomic E-state index is 12.8. The molecule has 4 rings (SSSR count). The van der Waals surface area contributed by atoms with Gasteiger partial charge in [-0.2, -0.15) is 5.26 Å². The maximum Gasteiger partial charge on any atom is 0.194 e. The first-order valence-electron chi connectivity index (χ1n) is 10.7. The molecule has 0 heterocycles. The van der Waals surface area contributed by atoms with Gasteiger partial charge < -0.3 is 9.84 Å². The van der Waals surface area contributed by atoms with Gasteiger partial charge in [0.25, 0.3) is 0 Å². The normalized spacial score (nSPS) is 10.4. The Morgan fingerprint density at radius 1 is 0.853 bits per heavy atom. The quantitative estimate of drug-likeness (QED) is 0.354. The second kappa shape index (κ2) is 9.85. The molecule has 0 radical (unpaired) electrons. The summed E-state index contributed by atoms with van der Waals surface area (Å²) in [7, 11) is 0. The molecule has 0 saturated carbocycles. The average Bonchev–Trinajstić information content (AvgIpc) is 2.87. The summed E-state index contributed by atoms with van der Waals surface area (Å²) in [5, 5.41) is 20.0. The molecule has 0 spiro atoms. The fourth-order valence-electron chi connectivity index (χ4n) is 3.71. The van der Waals surface area contributed by atoms with Crippen LogP contribution in [0.25, 0.3) is 11.1 Å². The minimum Gasteiger partial charge on any atom is -0.506 e. The molecular weight excluding hydrogens is 426 g/mol. The number of carbonyl (C=O) groups is 2. The second-order valence-corrected chi connectivity index (χ2v) is 7.73. The van der Waals surface area contributed by atoms with Crippen molar-refractivity contribution in [2.75, 3.05) is 0 Å². The van der Waals surface area contributed by atoms with Crippen LogP contribution in [0.3, 0.4) is 0 Å². The highest BCUT2D eigenvalue weighted by Gasteiger charge is 2.18. The Hall–Kier alpha value is -4.69. The zero-order valence-electron chi connectivity index (χ0n) is 18.5. The number of phenols is 1. The molecule has 0 aliphatic heterocycles. The molecule has 166 valence electrons. The number of nitrogens with zero attached hydrogens (tertiary/aromatic N) is 1. The van der Waals surface area contributed by atoms with Gasteiger partial charge in [0.1, 0.15) is 18.1 Å². The first-order valence-corrected chi connectivity index (χ1v) is 10.7. The third kappa shape index (κ3) is 4.57. The lowest BCUT2D eigenvalue weighted by molar-refractivity contribution is 0.101. The van der Waals surface area contributed by atoms with Crippen molar-refractivity contribution >= 4 is 11.6 Å². The van der Waals surface area contributed by atoms with Crippen LogP contribution in [-0.2, 0) is 6.61 Å². The number of rotatable bonds is 7. The standard InChI is InChI=1S/C29H21NO4/c1-19(31)24-15-16-26(27(29(24)33)21-7-3-2-4-8-21)34-18-20-11-13-22(14-12-20)28(32)25-10-6-5-9-23(25)17-30/h2-16,33H,18H2,1H3. The van der Waals surface area contributed by atoms with E-state index < -0.39 is 0 Å². The Balaban J connectivity index is 1.57. The van der Waals surface area contributed by atoms with Crippen molar-refractivity contribution in [3.8, 4) is 28.7 Å². The van der Waals surface area contributed by atoms with Crippen molar-refractivity contribution in [2.45, 2.75) is 13.5 Å². The van der Waals surface area contributed by atoms with Crippen molar-refractivity contribution in [2.24, 2.45) is 0 Å². The van der Waals surface area contributed by atoms with E-state index in [2.05, 4.69) is 0 Å². The van der Waals surface area contributed by atoms with Gasteiger partial charge >= 0.3 is 0 Å². The Kier molecular flexibility index (Phi) is 6.52. The largest absolute Gasteiger partial charge is 0.506 e. The summed E-state index contributed by atoms with van der Waals surface area (Å²) in [6.45, 7) is 1.60. The molecule has 34 heavy (non-hydrogen) atoms. The monoisotopic (exact) mass is 447 g/mol.